The quantitative estimate of drug-likeness (QED) is 0.592. The van der Waals surface area contributed by atoms with Gasteiger partial charge in [0, 0.05) is 46.4 Å². The molecule has 1 unspecified atom stereocenters. The standard InChI is InChI=1S/C25H20ClNO3/c1-25(2)10-14-9-17-22(24(30)16-6-4-3-5-15(16)23(17)29)21(20(14)18(28)11-25)13-7-8-19(26)27-12-13/h3-8,12,21H,9-11H2,1-2H3. The normalized spacial score (nSPS) is 22.6. The van der Waals surface area contributed by atoms with Crippen molar-refractivity contribution < 1.29 is 14.4 Å². The lowest BCUT2D eigenvalue weighted by Crippen LogP contribution is -2.36. The zero-order valence-corrected chi connectivity index (χ0v) is 17.5. The summed E-state index contributed by atoms with van der Waals surface area (Å²) in [6, 6.07) is 10.4. The van der Waals surface area contributed by atoms with Crippen LogP contribution in [0.15, 0.2) is 64.9 Å². The SMILES string of the molecule is CC1(C)CC(=O)C2=C(CC3=C(C(=O)c4ccccc4C3=O)C2c2ccc(Cl)nc2)C1. The monoisotopic (exact) mass is 417 g/mol. The van der Waals surface area contributed by atoms with E-state index in [0.717, 1.165) is 12.0 Å². The van der Waals surface area contributed by atoms with Gasteiger partial charge in [0.2, 0.25) is 0 Å². The van der Waals surface area contributed by atoms with Crippen molar-refractivity contribution in [1.29, 1.82) is 0 Å². The first-order valence-corrected chi connectivity index (χ1v) is 10.4. The molecule has 1 heterocycles. The van der Waals surface area contributed by atoms with E-state index in [4.69, 9.17) is 11.6 Å². The van der Waals surface area contributed by atoms with Crippen LogP contribution >= 0.6 is 11.6 Å². The lowest BCUT2D eigenvalue weighted by atomic mass is 9.61. The third kappa shape index (κ3) is 2.82. The highest BCUT2D eigenvalue weighted by molar-refractivity contribution is 6.29. The lowest BCUT2D eigenvalue weighted by molar-refractivity contribution is -0.118. The van der Waals surface area contributed by atoms with Crippen molar-refractivity contribution in [2.24, 2.45) is 5.41 Å². The Balaban J connectivity index is 1.76. The molecule has 0 saturated heterocycles. The molecule has 0 fully saturated rings. The van der Waals surface area contributed by atoms with Gasteiger partial charge in [0.05, 0.1) is 0 Å². The number of aromatic nitrogens is 1. The minimum absolute atomic E-state index is 0.0480. The van der Waals surface area contributed by atoms with Crippen LogP contribution in [0.4, 0.5) is 0 Å². The molecule has 0 spiro atoms. The first-order chi connectivity index (χ1) is 14.3. The van der Waals surface area contributed by atoms with Gasteiger partial charge in [-0.1, -0.05) is 61.4 Å². The third-order valence-corrected chi connectivity index (χ3v) is 6.55. The summed E-state index contributed by atoms with van der Waals surface area (Å²) in [5.41, 5.74) is 3.97. The van der Waals surface area contributed by atoms with Crippen molar-refractivity contribution in [3.8, 4) is 0 Å². The number of benzene rings is 1. The fourth-order valence-corrected chi connectivity index (χ4v) is 5.27. The number of carbonyl (C=O) groups is 3. The summed E-state index contributed by atoms with van der Waals surface area (Å²) in [4.78, 5) is 44.4. The van der Waals surface area contributed by atoms with Crippen molar-refractivity contribution in [2.75, 3.05) is 0 Å². The molecule has 2 aromatic rings. The Labute approximate surface area is 179 Å². The van der Waals surface area contributed by atoms with Gasteiger partial charge in [0.15, 0.2) is 17.3 Å². The number of allylic oxidation sites excluding steroid dienone is 4. The second-order valence-electron chi connectivity index (χ2n) is 9.08. The van der Waals surface area contributed by atoms with Crippen LogP contribution in [0.5, 0.6) is 0 Å². The van der Waals surface area contributed by atoms with Crippen LogP contribution in [0.1, 0.15) is 65.3 Å². The van der Waals surface area contributed by atoms with Crippen LogP contribution in [-0.2, 0) is 4.79 Å². The second kappa shape index (κ2) is 6.58. The Morgan fingerprint density at radius 2 is 1.63 bits per heavy atom. The van der Waals surface area contributed by atoms with Gasteiger partial charge in [-0.2, -0.15) is 0 Å². The zero-order chi connectivity index (χ0) is 21.2. The number of nitrogens with zero attached hydrogens (tertiary/aromatic N) is 1. The van der Waals surface area contributed by atoms with Crippen LogP contribution in [-0.4, -0.2) is 22.3 Å². The van der Waals surface area contributed by atoms with Crippen LogP contribution in [0, 0.1) is 5.41 Å². The van der Waals surface area contributed by atoms with E-state index >= 15 is 0 Å². The van der Waals surface area contributed by atoms with Crippen LogP contribution in [0.25, 0.3) is 0 Å². The number of Topliss-reactive ketones (excluding diaryl/α,β-unsaturated/α-hetero) is 3. The Kier molecular flexibility index (Phi) is 4.19. The Hall–Kier alpha value is -2.85. The largest absolute Gasteiger partial charge is 0.294 e. The molecule has 30 heavy (non-hydrogen) atoms. The van der Waals surface area contributed by atoms with Crippen molar-refractivity contribution in [3.05, 3.63) is 86.7 Å². The molecule has 0 aliphatic heterocycles. The molecule has 0 saturated carbocycles. The van der Waals surface area contributed by atoms with Crippen molar-refractivity contribution in [1.82, 2.24) is 4.98 Å². The molecule has 5 heteroatoms. The zero-order valence-electron chi connectivity index (χ0n) is 16.8. The maximum atomic E-state index is 13.6. The van der Waals surface area contributed by atoms with Crippen molar-refractivity contribution >= 4 is 29.0 Å². The predicted octanol–water partition coefficient (Wildman–Crippen LogP) is 5.28. The Morgan fingerprint density at radius 1 is 0.933 bits per heavy atom. The van der Waals surface area contributed by atoms with E-state index in [2.05, 4.69) is 18.8 Å². The first-order valence-electron chi connectivity index (χ1n) is 10.0. The Bertz CT molecular complexity index is 1200. The number of halogens is 1. The van der Waals surface area contributed by atoms with Gasteiger partial charge in [-0.05, 0) is 29.9 Å². The lowest BCUT2D eigenvalue weighted by Gasteiger charge is -2.40. The number of rotatable bonds is 1. The van der Waals surface area contributed by atoms with E-state index in [9.17, 15) is 14.4 Å². The van der Waals surface area contributed by atoms with Gasteiger partial charge < -0.3 is 0 Å². The van der Waals surface area contributed by atoms with Crippen molar-refractivity contribution in [2.45, 2.75) is 39.0 Å². The van der Waals surface area contributed by atoms with Gasteiger partial charge in [0.25, 0.3) is 0 Å². The minimum Gasteiger partial charge on any atom is -0.294 e. The van der Waals surface area contributed by atoms with Gasteiger partial charge in [-0.15, -0.1) is 0 Å². The molecule has 3 aliphatic rings. The number of hydrogen-bond acceptors (Lipinski definition) is 4. The molecule has 4 nitrogen and oxygen atoms in total. The molecule has 0 amide bonds. The topological polar surface area (TPSA) is 64.1 Å². The molecule has 0 radical (unpaired) electrons. The molecular formula is C25H20ClNO3. The second-order valence-corrected chi connectivity index (χ2v) is 9.47. The molecule has 0 bridgehead atoms. The molecule has 1 aromatic carbocycles. The van der Waals surface area contributed by atoms with Crippen LogP contribution < -0.4 is 0 Å². The summed E-state index contributed by atoms with van der Waals surface area (Å²) in [7, 11) is 0. The van der Waals surface area contributed by atoms with E-state index in [1.165, 1.54) is 0 Å². The fourth-order valence-electron chi connectivity index (χ4n) is 5.16. The Morgan fingerprint density at radius 3 is 2.30 bits per heavy atom. The highest BCUT2D eigenvalue weighted by Crippen LogP contribution is 2.52. The number of hydrogen-bond donors (Lipinski definition) is 0. The average molecular weight is 418 g/mol. The summed E-state index contributed by atoms with van der Waals surface area (Å²) >= 11 is 5.99. The summed E-state index contributed by atoms with van der Waals surface area (Å²) in [5, 5.41) is 0.338. The summed E-state index contributed by atoms with van der Waals surface area (Å²) in [6.45, 7) is 4.14. The van der Waals surface area contributed by atoms with Crippen LogP contribution in [0.3, 0.4) is 0 Å². The molecule has 0 N–H and O–H groups in total. The van der Waals surface area contributed by atoms with E-state index in [1.54, 1.807) is 42.6 Å². The average Bonchev–Trinajstić information content (AvgIpc) is 2.70. The van der Waals surface area contributed by atoms with Gasteiger partial charge >= 0.3 is 0 Å². The maximum absolute atomic E-state index is 13.6. The van der Waals surface area contributed by atoms with Crippen LogP contribution in [0.2, 0.25) is 5.15 Å². The summed E-state index contributed by atoms with van der Waals surface area (Å²) < 4.78 is 0. The van der Waals surface area contributed by atoms with Gasteiger partial charge in [-0.25, -0.2) is 4.98 Å². The molecule has 3 aliphatic carbocycles. The number of pyridine rings is 1. The van der Waals surface area contributed by atoms with E-state index < -0.39 is 5.92 Å². The minimum atomic E-state index is -0.582. The van der Waals surface area contributed by atoms with E-state index in [0.29, 0.717) is 51.4 Å². The smallest absolute Gasteiger partial charge is 0.191 e. The third-order valence-electron chi connectivity index (χ3n) is 6.32. The number of carbonyl (C=O) groups excluding carboxylic acids is 3. The highest BCUT2D eigenvalue weighted by Gasteiger charge is 2.46. The van der Waals surface area contributed by atoms with E-state index in [-0.39, 0.29) is 22.8 Å². The first kappa shape index (κ1) is 19.1. The summed E-state index contributed by atoms with van der Waals surface area (Å²) in [6.07, 6.45) is 3.12. The summed E-state index contributed by atoms with van der Waals surface area (Å²) in [5.74, 6) is -0.826. The molecule has 1 atom stereocenters. The maximum Gasteiger partial charge on any atom is 0.191 e. The highest BCUT2D eigenvalue weighted by atomic mass is 35.5. The van der Waals surface area contributed by atoms with E-state index in [1.807, 2.05) is 0 Å². The predicted molar refractivity (Wildman–Crippen MR) is 114 cm³/mol. The molecule has 150 valence electrons. The number of ketones is 3. The van der Waals surface area contributed by atoms with Crippen molar-refractivity contribution in [3.63, 3.8) is 0 Å². The molecular weight excluding hydrogens is 398 g/mol. The number of fused-ring (bicyclic) bond motifs is 1. The molecule has 1 aromatic heterocycles. The van der Waals surface area contributed by atoms with Gasteiger partial charge in [0.1, 0.15) is 5.15 Å². The van der Waals surface area contributed by atoms with Gasteiger partial charge in [-0.3, -0.25) is 14.4 Å². The molecule has 5 rings (SSSR count). The fraction of sp³-hybridized carbons (Fsp3) is 0.280.